The topological polar surface area (TPSA) is 60.7 Å². The number of aryl methyl sites for hydroxylation is 1. The van der Waals surface area contributed by atoms with Gasteiger partial charge in [0.15, 0.2) is 5.78 Å². The van der Waals surface area contributed by atoms with E-state index >= 15 is 0 Å². The summed E-state index contributed by atoms with van der Waals surface area (Å²) < 4.78 is 6.89. The maximum atomic E-state index is 12.4. The third kappa shape index (κ3) is 3.58. The Balaban J connectivity index is 1.92. The fourth-order valence-electron chi connectivity index (χ4n) is 2.52. The van der Waals surface area contributed by atoms with Crippen molar-refractivity contribution >= 4 is 29.0 Å². The maximum absolute atomic E-state index is 12.4. The molecule has 0 N–H and O–H groups in total. The van der Waals surface area contributed by atoms with Crippen molar-refractivity contribution in [2.75, 3.05) is 12.4 Å². The molecule has 2 heterocycles. The molecule has 0 aliphatic rings. The molecule has 6 heteroatoms. The van der Waals surface area contributed by atoms with E-state index in [2.05, 4.69) is 5.10 Å². The summed E-state index contributed by atoms with van der Waals surface area (Å²) in [6.07, 6.45) is 0. The molecule has 0 atom stereocenters. The van der Waals surface area contributed by atoms with E-state index in [1.54, 1.807) is 23.6 Å². The van der Waals surface area contributed by atoms with Crippen molar-refractivity contribution in [2.45, 2.75) is 18.9 Å². The number of hydrogen-bond acceptors (Lipinski definition) is 5. The molecular formula is C19H18N2O3S. The SMILES string of the molecule is CCOC(=O)c1c(SCC(=O)c2ccccc2)nn2c(C)cccc12. The van der Waals surface area contributed by atoms with Crippen LogP contribution in [0.3, 0.4) is 0 Å². The van der Waals surface area contributed by atoms with E-state index in [-0.39, 0.29) is 18.1 Å². The number of carbonyl (C=O) groups excluding carboxylic acids is 2. The number of rotatable bonds is 6. The molecular weight excluding hydrogens is 336 g/mol. The second-order valence-corrected chi connectivity index (χ2v) is 6.41. The quantitative estimate of drug-likeness (QED) is 0.383. The lowest BCUT2D eigenvalue weighted by molar-refractivity contribution is 0.0524. The second kappa shape index (κ2) is 7.53. The zero-order chi connectivity index (χ0) is 17.8. The van der Waals surface area contributed by atoms with E-state index in [1.165, 1.54) is 11.8 Å². The Bertz CT molecular complexity index is 919. The molecule has 0 saturated heterocycles. The summed E-state index contributed by atoms with van der Waals surface area (Å²) in [5.41, 5.74) is 2.65. The Morgan fingerprint density at radius 1 is 1.12 bits per heavy atom. The van der Waals surface area contributed by atoms with Crippen LogP contribution in [0.4, 0.5) is 0 Å². The van der Waals surface area contributed by atoms with Gasteiger partial charge in [-0.15, -0.1) is 0 Å². The van der Waals surface area contributed by atoms with E-state index < -0.39 is 5.97 Å². The van der Waals surface area contributed by atoms with E-state index in [1.807, 2.05) is 43.3 Å². The summed E-state index contributed by atoms with van der Waals surface area (Å²) in [6, 6.07) is 14.7. The van der Waals surface area contributed by atoms with Crippen LogP contribution in [-0.4, -0.2) is 33.7 Å². The minimum atomic E-state index is -0.419. The Labute approximate surface area is 150 Å². The minimum absolute atomic E-state index is 0.00538. The van der Waals surface area contributed by atoms with Gasteiger partial charge in [0.1, 0.15) is 10.6 Å². The Morgan fingerprint density at radius 2 is 1.88 bits per heavy atom. The number of Topliss-reactive ketones (excluding diaryl/α,β-unsaturated/α-hetero) is 1. The fraction of sp³-hybridized carbons (Fsp3) is 0.211. The van der Waals surface area contributed by atoms with Crippen LogP contribution in [0.1, 0.15) is 33.3 Å². The lowest BCUT2D eigenvalue weighted by Gasteiger charge is -2.03. The molecule has 0 radical (unpaired) electrons. The first kappa shape index (κ1) is 17.2. The largest absolute Gasteiger partial charge is 0.462 e. The molecule has 0 fully saturated rings. The summed E-state index contributed by atoms with van der Waals surface area (Å²) in [6.45, 7) is 3.97. The van der Waals surface area contributed by atoms with Gasteiger partial charge < -0.3 is 4.74 Å². The number of benzene rings is 1. The highest BCUT2D eigenvalue weighted by molar-refractivity contribution is 8.00. The normalized spacial score (nSPS) is 10.8. The summed E-state index contributed by atoms with van der Waals surface area (Å²) in [7, 11) is 0. The van der Waals surface area contributed by atoms with Crippen LogP contribution in [0.5, 0.6) is 0 Å². The van der Waals surface area contributed by atoms with Crippen molar-refractivity contribution in [1.29, 1.82) is 0 Å². The molecule has 3 aromatic rings. The highest BCUT2D eigenvalue weighted by atomic mass is 32.2. The molecule has 0 unspecified atom stereocenters. The van der Waals surface area contributed by atoms with Crippen molar-refractivity contribution in [3.05, 3.63) is 65.4 Å². The number of hydrogen-bond donors (Lipinski definition) is 0. The van der Waals surface area contributed by atoms with Gasteiger partial charge in [-0.05, 0) is 26.0 Å². The van der Waals surface area contributed by atoms with E-state index in [9.17, 15) is 9.59 Å². The summed E-state index contributed by atoms with van der Waals surface area (Å²) in [5.74, 6) is -0.216. The van der Waals surface area contributed by atoms with Crippen molar-refractivity contribution < 1.29 is 14.3 Å². The molecule has 0 aliphatic heterocycles. The molecule has 0 bridgehead atoms. The Hall–Kier alpha value is -2.60. The van der Waals surface area contributed by atoms with Gasteiger partial charge in [-0.1, -0.05) is 48.2 Å². The van der Waals surface area contributed by atoms with Crippen LogP contribution < -0.4 is 0 Å². The monoisotopic (exact) mass is 354 g/mol. The van der Waals surface area contributed by atoms with Crippen molar-refractivity contribution in [1.82, 2.24) is 9.61 Å². The number of esters is 1. The fourth-order valence-corrected chi connectivity index (χ4v) is 3.43. The van der Waals surface area contributed by atoms with Crippen molar-refractivity contribution in [2.24, 2.45) is 0 Å². The predicted octanol–water partition coefficient (Wildman–Crippen LogP) is 3.79. The third-order valence-electron chi connectivity index (χ3n) is 3.73. The molecule has 3 rings (SSSR count). The first-order valence-corrected chi connectivity index (χ1v) is 8.97. The minimum Gasteiger partial charge on any atom is -0.462 e. The molecule has 5 nitrogen and oxygen atoms in total. The number of pyridine rings is 1. The van der Waals surface area contributed by atoms with Gasteiger partial charge in [0.05, 0.1) is 17.9 Å². The molecule has 0 saturated carbocycles. The number of thioether (sulfide) groups is 1. The van der Waals surface area contributed by atoms with Gasteiger partial charge in [-0.2, -0.15) is 5.10 Å². The average Bonchev–Trinajstić information content (AvgIpc) is 3.00. The molecule has 0 amide bonds. The van der Waals surface area contributed by atoms with E-state index in [0.29, 0.717) is 21.7 Å². The highest BCUT2D eigenvalue weighted by Gasteiger charge is 2.22. The van der Waals surface area contributed by atoms with Crippen LogP contribution in [0.25, 0.3) is 5.52 Å². The van der Waals surface area contributed by atoms with E-state index in [4.69, 9.17) is 4.74 Å². The van der Waals surface area contributed by atoms with Crippen LogP contribution in [0.2, 0.25) is 0 Å². The maximum Gasteiger partial charge on any atom is 0.343 e. The molecule has 1 aromatic carbocycles. The number of ether oxygens (including phenoxy) is 1. The number of ketones is 1. The zero-order valence-corrected chi connectivity index (χ0v) is 14.9. The highest BCUT2D eigenvalue weighted by Crippen LogP contribution is 2.27. The van der Waals surface area contributed by atoms with Gasteiger partial charge in [0.25, 0.3) is 0 Å². The van der Waals surface area contributed by atoms with Crippen LogP contribution in [-0.2, 0) is 4.74 Å². The summed E-state index contributed by atoms with van der Waals surface area (Å²) in [5, 5.41) is 5.02. The molecule has 25 heavy (non-hydrogen) atoms. The second-order valence-electron chi connectivity index (χ2n) is 5.44. The third-order valence-corrected chi connectivity index (χ3v) is 4.70. The average molecular weight is 354 g/mol. The Morgan fingerprint density at radius 3 is 2.60 bits per heavy atom. The van der Waals surface area contributed by atoms with Gasteiger partial charge in [-0.25, -0.2) is 9.31 Å². The standard InChI is InChI=1S/C19H18N2O3S/c1-3-24-19(23)17-15-11-7-8-13(2)21(15)20-18(17)25-12-16(22)14-9-5-4-6-10-14/h4-11H,3,12H2,1-2H3. The van der Waals surface area contributed by atoms with Crippen LogP contribution in [0.15, 0.2) is 53.6 Å². The van der Waals surface area contributed by atoms with Crippen molar-refractivity contribution in [3.8, 4) is 0 Å². The molecule has 0 spiro atoms. The molecule has 2 aromatic heterocycles. The van der Waals surface area contributed by atoms with Crippen LogP contribution >= 0.6 is 11.8 Å². The Kier molecular flexibility index (Phi) is 5.19. The number of aromatic nitrogens is 2. The van der Waals surface area contributed by atoms with Crippen molar-refractivity contribution in [3.63, 3.8) is 0 Å². The number of carbonyl (C=O) groups is 2. The van der Waals surface area contributed by atoms with Gasteiger partial charge >= 0.3 is 5.97 Å². The lowest BCUT2D eigenvalue weighted by atomic mass is 10.2. The number of fused-ring (bicyclic) bond motifs is 1. The predicted molar refractivity (Wildman–Crippen MR) is 97.4 cm³/mol. The number of nitrogens with zero attached hydrogens (tertiary/aromatic N) is 2. The zero-order valence-electron chi connectivity index (χ0n) is 14.1. The van der Waals surface area contributed by atoms with Gasteiger partial charge in [0.2, 0.25) is 0 Å². The van der Waals surface area contributed by atoms with E-state index in [0.717, 1.165) is 5.69 Å². The first-order chi connectivity index (χ1) is 12.1. The summed E-state index contributed by atoms with van der Waals surface area (Å²) in [4.78, 5) is 24.7. The molecule has 0 aliphatic carbocycles. The summed E-state index contributed by atoms with van der Waals surface area (Å²) >= 11 is 1.26. The first-order valence-electron chi connectivity index (χ1n) is 7.98. The lowest BCUT2D eigenvalue weighted by Crippen LogP contribution is -2.07. The van der Waals surface area contributed by atoms with Gasteiger partial charge in [-0.3, -0.25) is 4.79 Å². The van der Waals surface area contributed by atoms with Gasteiger partial charge in [0, 0.05) is 11.3 Å². The van der Waals surface area contributed by atoms with Crippen LogP contribution in [0, 0.1) is 6.92 Å². The molecule has 128 valence electrons. The smallest absolute Gasteiger partial charge is 0.343 e.